The summed E-state index contributed by atoms with van der Waals surface area (Å²) in [7, 11) is 0. The molecule has 21 heavy (non-hydrogen) atoms. The molecular formula is C19H23NS. The highest BCUT2D eigenvalue weighted by Crippen LogP contribution is 2.34. The third-order valence-corrected chi connectivity index (χ3v) is 5.49. The van der Waals surface area contributed by atoms with Crippen LogP contribution in [0.1, 0.15) is 36.4 Å². The fourth-order valence-corrected chi connectivity index (χ4v) is 4.25. The van der Waals surface area contributed by atoms with Crippen molar-refractivity contribution in [1.82, 2.24) is 0 Å². The predicted octanol–water partition coefficient (Wildman–Crippen LogP) is 4.82. The molecule has 0 saturated heterocycles. The lowest BCUT2D eigenvalue weighted by atomic mass is 9.89. The van der Waals surface area contributed by atoms with Gasteiger partial charge in [-0.05, 0) is 60.6 Å². The molecule has 0 bridgehead atoms. The molecule has 0 radical (unpaired) electrons. The first-order valence-corrected chi connectivity index (χ1v) is 8.84. The van der Waals surface area contributed by atoms with E-state index in [-0.39, 0.29) is 6.04 Å². The Hall–Kier alpha value is -1.25. The summed E-state index contributed by atoms with van der Waals surface area (Å²) in [6.45, 7) is 0. The summed E-state index contributed by atoms with van der Waals surface area (Å²) in [5.74, 6) is 1.77. The number of hydrogen-bond acceptors (Lipinski definition) is 2. The van der Waals surface area contributed by atoms with Gasteiger partial charge in [0.25, 0.3) is 0 Å². The third kappa shape index (κ3) is 3.69. The monoisotopic (exact) mass is 297 g/mol. The van der Waals surface area contributed by atoms with Gasteiger partial charge in [-0.15, -0.1) is 11.8 Å². The van der Waals surface area contributed by atoms with Gasteiger partial charge in [0.2, 0.25) is 0 Å². The van der Waals surface area contributed by atoms with E-state index in [0.717, 1.165) is 5.75 Å². The Morgan fingerprint density at radius 2 is 1.76 bits per heavy atom. The second-order valence-electron chi connectivity index (χ2n) is 5.83. The molecule has 0 aliphatic heterocycles. The van der Waals surface area contributed by atoms with Gasteiger partial charge in [0.05, 0.1) is 0 Å². The van der Waals surface area contributed by atoms with Crippen molar-refractivity contribution in [3.05, 3.63) is 65.7 Å². The van der Waals surface area contributed by atoms with Crippen molar-refractivity contribution in [3.63, 3.8) is 0 Å². The van der Waals surface area contributed by atoms with E-state index in [1.165, 1.54) is 41.7 Å². The fraction of sp³-hybridized carbons (Fsp3) is 0.368. The highest BCUT2D eigenvalue weighted by Gasteiger charge is 2.24. The largest absolute Gasteiger partial charge is 0.324 e. The molecule has 0 heterocycles. The lowest BCUT2D eigenvalue weighted by molar-refractivity contribution is 0.395. The maximum absolute atomic E-state index is 6.56. The van der Waals surface area contributed by atoms with E-state index in [1.807, 2.05) is 11.8 Å². The van der Waals surface area contributed by atoms with Crippen molar-refractivity contribution in [2.24, 2.45) is 11.7 Å². The number of benzene rings is 2. The SMILES string of the molecule is NC1c2ccccc2CCCC1CCSc1ccccc1. The molecule has 110 valence electrons. The van der Waals surface area contributed by atoms with Crippen molar-refractivity contribution in [2.75, 3.05) is 5.75 Å². The first-order valence-electron chi connectivity index (χ1n) is 7.86. The van der Waals surface area contributed by atoms with Crippen molar-refractivity contribution in [3.8, 4) is 0 Å². The molecule has 2 heteroatoms. The molecule has 0 aromatic heterocycles. The summed E-state index contributed by atoms with van der Waals surface area (Å²) in [5, 5.41) is 0. The molecule has 0 amide bonds. The average molecular weight is 297 g/mol. The maximum atomic E-state index is 6.56. The van der Waals surface area contributed by atoms with Crippen LogP contribution in [0.4, 0.5) is 0 Å². The normalized spacial score (nSPS) is 21.6. The Kier molecular flexibility index (Phi) is 5.00. The van der Waals surface area contributed by atoms with Crippen LogP contribution >= 0.6 is 11.8 Å². The summed E-state index contributed by atoms with van der Waals surface area (Å²) in [6.07, 6.45) is 4.91. The lowest BCUT2D eigenvalue weighted by Gasteiger charge is -2.22. The molecule has 2 aromatic carbocycles. The Labute approximate surface area is 132 Å². The molecular weight excluding hydrogens is 274 g/mol. The highest BCUT2D eigenvalue weighted by atomic mass is 32.2. The number of rotatable bonds is 4. The van der Waals surface area contributed by atoms with E-state index in [4.69, 9.17) is 5.73 Å². The van der Waals surface area contributed by atoms with Crippen molar-refractivity contribution >= 4 is 11.8 Å². The summed E-state index contributed by atoms with van der Waals surface area (Å²) in [6, 6.07) is 19.6. The molecule has 2 aromatic rings. The highest BCUT2D eigenvalue weighted by molar-refractivity contribution is 7.99. The van der Waals surface area contributed by atoms with Gasteiger partial charge in [-0.25, -0.2) is 0 Å². The van der Waals surface area contributed by atoms with Crippen LogP contribution in [0.25, 0.3) is 0 Å². The minimum absolute atomic E-state index is 0.208. The Balaban J connectivity index is 1.61. The summed E-state index contributed by atoms with van der Waals surface area (Å²) in [5.41, 5.74) is 9.40. The predicted molar refractivity (Wildman–Crippen MR) is 91.6 cm³/mol. The van der Waals surface area contributed by atoms with Crippen molar-refractivity contribution in [1.29, 1.82) is 0 Å². The Morgan fingerprint density at radius 3 is 2.62 bits per heavy atom. The van der Waals surface area contributed by atoms with Gasteiger partial charge in [0.15, 0.2) is 0 Å². The first-order chi connectivity index (χ1) is 10.3. The number of thioether (sulfide) groups is 1. The first kappa shape index (κ1) is 14.7. The van der Waals surface area contributed by atoms with Gasteiger partial charge in [0, 0.05) is 10.9 Å². The van der Waals surface area contributed by atoms with Gasteiger partial charge in [-0.3, -0.25) is 0 Å². The van der Waals surface area contributed by atoms with Crippen LogP contribution in [-0.4, -0.2) is 5.75 Å². The van der Waals surface area contributed by atoms with E-state index in [2.05, 4.69) is 54.6 Å². The maximum Gasteiger partial charge on any atom is 0.0326 e. The summed E-state index contributed by atoms with van der Waals surface area (Å²) < 4.78 is 0. The molecule has 2 N–H and O–H groups in total. The van der Waals surface area contributed by atoms with E-state index in [0.29, 0.717) is 5.92 Å². The molecule has 0 spiro atoms. The molecule has 2 unspecified atom stereocenters. The van der Waals surface area contributed by atoms with Gasteiger partial charge in [0.1, 0.15) is 0 Å². The second-order valence-corrected chi connectivity index (χ2v) is 7.00. The van der Waals surface area contributed by atoms with Gasteiger partial charge in [-0.1, -0.05) is 42.5 Å². The topological polar surface area (TPSA) is 26.0 Å². The van der Waals surface area contributed by atoms with Gasteiger partial charge >= 0.3 is 0 Å². The van der Waals surface area contributed by atoms with Crippen LogP contribution in [0.2, 0.25) is 0 Å². The van der Waals surface area contributed by atoms with Crippen LogP contribution in [0.5, 0.6) is 0 Å². The molecule has 0 fully saturated rings. The number of hydrogen-bond donors (Lipinski definition) is 1. The standard InChI is InChI=1S/C19H23NS/c20-19-16(13-14-21-17-10-2-1-3-11-17)9-6-8-15-7-4-5-12-18(15)19/h1-5,7,10-12,16,19H,6,8-9,13-14,20H2. The second kappa shape index (κ2) is 7.15. The van der Waals surface area contributed by atoms with Crippen LogP contribution in [0.3, 0.4) is 0 Å². The fourth-order valence-electron chi connectivity index (χ4n) is 3.24. The minimum atomic E-state index is 0.208. The molecule has 1 nitrogen and oxygen atoms in total. The van der Waals surface area contributed by atoms with Crippen LogP contribution in [0, 0.1) is 5.92 Å². The molecule has 1 aliphatic rings. The van der Waals surface area contributed by atoms with Gasteiger partial charge in [-0.2, -0.15) is 0 Å². The Morgan fingerprint density at radius 1 is 1.00 bits per heavy atom. The molecule has 2 atom stereocenters. The van der Waals surface area contributed by atoms with Crippen LogP contribution in [0.15, 0.2) is 59.5 Å². The zero-order valence-electron chi connectivity index (χ0n) is 12.4. The van der Waals surface area contributed by atoms with Crippen molar-refractivity contribution in [2.45, 2.75) is 36.6 Å². The van der Waals surface area contributed by atoms with Crippen LogP contribution < -0.4 is 5.73 Å². The average Bonchev–Trinajstić information content (AvgIpc) is 2.69. The summed E-state index contributed by atoms with van der Waals surface area (Å²) in [4.78, 5) is 1.36. The number of aryl methyl sites for hydroxylation is 1. The number of fused-ring (bicyclic) bond motifs is 1. The Bertz CT molecular complexity index is 567. The smallest absolute Gasteiger partial charge is 0.0326 e. The number of nitrogens with two attached hydrogens (primary N) is 1. The molecule has 1 aliphatic carbocycles. The summed E-state index contributed by atoms with van der Waals surface area (Å²) >= 11 is 1.95. The lowest BCUT2D eigenvalue weighted by Crippen LogP contribution is -2.21. The van der Waals surface area contributed by atoms with E-state index < -0.39 is 0 Å². The van der Waals surface area contributed by atoms with Crippen molar-refractivity contribution < 1.29 is 0 Å². The minimum Gasteiger partial charge on any atom is -0.324 e. The molecule has 3 rings (SSSR count). The van der Waals surface area contributed by atoms with E-state index in [1.54, 1.807) is 0 Å². The zero-order valence-corrected chi connectivity index (χ0v) is 13.2. The molecule has 0 saturated carbocycles. The van der Waals surface area contributed by atoms with E-state index in [9.17, 15) is 0 Å². The van der Waals surface area contributed by atoms with E-state index >= 15 is 0 Å². The van der Waals surface area contributed by atoms with Gasteiger partial charge < -0.3 is 5.73 Å². The van der Waals surface area contributed by atoms with Crippen LogP contribution in [-0.2, 0) is 6.42 Å². The third-order valence-electron chi connectivity index (χ3n) is 4.44. The zero-order chi connectivity index (χ0) is 14.5. The quantitative estimate of drug-likeness (QED) is 0.646.